The number of nitrogens with one attached hydrogen (secondary N) is 2. The summed E-state index contributed by atoms with van der Waals surface area (Å²) in [5.41, 5.74) is 0.806. The highest BCUT2D eigenvalue weighted by Crippen LogP contribution is 2.31. The Morgan fingerprint density at radius 2 is 1.86 bits per heavy atom. The molecule has 2 aromatic rings. The maximum absolute atomic E-state index is 13.7. The predicted molar refractivity (Wildman–Crippen MR) is 139 cm³/mol. The van der Waals surface area contributed by atoms with Crippen LogP contribution in [0, 0.1) is 23.2 Å². The Balaban J connectivity index is 1.44. The molecule has 2 aliphatic rings. The number of carbonyl (C=O) groups is 2. The average molecular weight is 488 g/mol. The second-order valence-corrected chi connectivity index (χ2v) is 10.5. The highest BCUT2D eigenvalue weighted by Gasteiger charge is 2.42. The van der Waals surface area contributed by atoms with E-state index in [9.17, 15) is 14.9 Å². The molecule has 1 aromatic heterocycles. The molecule has 4 rings (SSSR count). The SMILES string of the molecule is CC(NC(=O)c1ccncc1)C(CC1CCCCC1)C(=O)NC1(C#N)CCN(Cc2ccccc2)C1. The summed E-state index contributed by atoms with van der Waals surface area (Å²) < 4.78 is 0. The first-order valence-corrected chi connectivity index (χ1v) is 13.2. The topological polar surface area (TPSA) is 98.1 Å². The Bertz CT molecular complexity index is 1050. The molecule has 2 amide bonds. The number of nitriles is 1. The molecule has 1 aromatic carbocycles. The van der Waals surface area contributed by atoms with E-state index in [-0.39, 0.29) is 17.9 Å². The highest BCUT2D eigenvalue weighted by atomic mass is 16.2. The summed E-state index contributed by atoms with van der Waals surface area (Å²) in [5, 5.41) is 16.3. The van der Waals surface area contributed by atoms with E-state index in [2.05, 4.69) is 38.7 Å². The van der Waals surface area contributed by atoms with E-state index >= 15 is 0 Å². The molecular formula is C29H37N5O2. The first-order valence-electron chi connectivity index (χ1n) is 13.2. The van der Waals surface area contributed by atoms with Crippen molar-refractivity contribution in [2.75, 3.05) is 13.1 Å². The third-order valence-corrected chi connectivity index (χ3v) is 7.73. The lowest BCUT2D eigenvalue weighted by Crippen LogP contribution is -2.54. The Morgan fingerprint density at radius 1 is 1.14 bits per heavy atom. The minimum Gasteiger partial charge on any atom is -0.349 e. The summed E-state index contributed by atoms with van der Waals surface area (Å²) in [6.07, 6.45) is 10.3. The van der Waals surface area contributed by atoms with Crippen LogP contribution in [-0.2, 0) is 11.3 Å². The third kappa shape index (κ3) is 6.70. The van der Waals surface area contributed by atoms with Crippen LogP contribution < -0.4 is 10.6 Å². The number of likely N-dealkylation sites (tertiary alicyclic amines) is 1. The van der Waals surface area contributed by atoms with E-state index in [1.165, 1.54) is 24.8 Å². The van der Waals surface area contributed by atoms with Gasteiger partial charge in [0.25, 0.3) is 5.91 Å². The second kappa shape index (κ2) is 12.1. The van der Waals surface area contributed by atoms with Crippen LogP contribution in [0.15, 0.2) is 54.9 Å². The van der Waals surface area contributed by atoms with Gasteiger partial charge in [0.2, 0.25) is 5.91 Å². The summed E-state index contributed by atoms with van der Waals surface area (Å²) in [4.78, 5) is 32.7. The van der Waals surface area contributed by atoms with Crippen molar-refractivity contribution in [2.24, 2.45) is 11.8 Å². The lowest BCUT2D eigenvalue weighted by Gasteiger charge is -2.32. The van der Waals surface area contributed by atoms with E-state index < -0.39 is 11.5 Å². The standard InChI is InChI=1S/C29H37N5O2/c1-22(32-27(35)25-12-15-31-16-13-25)26(18-23-8-4-2-5-9-23)28(36)33-29(20-30)14-17-34(21-29)19-24-10-6-3-7-11-24/h3,6-7,10-13,15-16,22-23,26H,2,4-5,8-9,14,17-19,21H2,1H3,(H,32,35)(H,33,36). The van der Waals surface area contributed by atoms with Gasteiger partial charge >= 0.3 is 0 Å². The van der Waals surface area contributed by atoms with E-state index in [0.717, 1.165) is 32.4 Å². The molecule has 7 nitrogen and oxygen atoms in total. The molecule has 7 heteroatoms. The summed E-state index contributed by atoms with van der Waals surface area (Å²) in [6.45, 7) is 3.91. The zero-order valence-electron chi connectivity index (χ0n) is 21.2. The molecule has 0 radical (unpaired) electrons. The molecule has 1 aliphatic heterocycles. The molecule has 2 fully saturated rings. The van der Waals surface area contributed by atoms with Crippen LogP contribution in [0.5, 0.6) is 0 Å². The molecular weight excluding hydrogens is 450 g/mol. The summed E-state index contributed by atoms with van der Waals surface area (Å²) in [5.74, 6) is -0.277. The van der Waals surface area contributed by atoms with Crippen molar-refractivity contribution >= 4 is 11.8 Å². The second-order valence-electron chi connectivity index (χ2n) is 10.5. The summed E-state index contributed by atoms with van der Waals surface area (Å²) >= 11 is 0. The minimum absolute atomic E-state index is 0.133. The largest absolute Gasteiger partial charge is 0.349 e. The van der Waals surface area contributed by atoms with Gasteiger partial charge in [-0.2, -0.15) is 5.26 Å². The number of carbonyl (C=O) groups excluding carboxylic acids is 2. The quantitative estimate of drug-likeness (QED) is 0.556. The molecule has 0 spiro atoms. The van der Waals surface area contributed by atoms with Gasteiger partial charge in [0.15, 0.2) is 0 Å². The highest BCUT2D eigenvalue weighted by molar-refractivity contribution is 5.94. The molecule has 0 bridgehead atoms. The van der Waals surface area contributed by atoms with Crippen molar-refractivity contribution in [3.63, 3.8) is 0 Å². The summed E-state index contributed by atoms with van der Waals surface area (Å²) in [7, 11) is 0. The lowest BCUT2D eigenvalue weighted by molar-refractivity contribution is -0.127. The van der Waals surface area contributed by atoms with Gasteiger partial charge < -0.3 is 10.6 Å². The fraction of sp³-hybridized carbons (Fsp3) is 0.517. The Labute approximate surface area is 214 Å². The number of aromatic nitrogens is 1. The number of nitrogens with zero attached hydrogens (tertiary/aromatic N) is 3. The van der Waals surface area contributed by atoms with Crippen molar-refractivity contribution in [2.45, 2.75) is 70.0 Å². The molecule has 1 saturated heterocycles. The zero-order valence-corrected chi connectivity index (χ0v) is 21.2. The Kier molecular flexibility index (Phi) is 8.71. The van der Waals surface area contributed by atoms with E-state index in [0.29, 0.717) is 24.4 Å². The molecule has 2 heterocycles. The number of rotatable bonds is 9. The number of hydrogen-bond acceptors (Lipinski definition) is 5. The number of pyridine rings is 1. The average Bonchev–Trinajstić information content (AvgIpc) is 3.31. The molecule has 3 atom stereocenters. The van der Waals surface area contributed by atoms with Gasteiger partial charge in [-0.1, -0.05) is 62.4 Å². The van der Waals surface area contributed by atoms with Crippen LogP contribution in [-0.4, -0.2) is 46.4 Å². The van der Waals surface area contributed by atoms with Gasteiger partial charge in [0.05, 0.1) is 12.0 Å². The number of benzene rings is 1. The molecule has 36 heavy (non-hydrogen) atoms. The van der Waals surface area contributed by atoms with Crippen molar-refractivity contribution in [3.8, 4) is 6.07 Å². The van der Waals surface area contributed by atoms with Gasteiger partial charge in [0, 0.05) is 43.6 Å². The van der Waals surface area contributed by atoms with E-state index in [4.69, 9.17) is 0 Å². The van der Waals surface area contributed by atoms with Gasteiger partial charge in [-0.3, -0.25) is 19.5 Å². The molecule has 3 unspecified atom stereocenters. The van der Waals surface area contributed by atoms with Crippen LogP contribution in [0.4, 0.5) is 0 Å². The van der Waals surface area contributed by atoms with Gasteiger partial charge in [-0.25, -0.2) is 0 Å². The summed E-state index contributed by atoms with van der Waals surface area (Å²) in [6, 6.07) is 15.6. The smallest absolute Gasteiger partial charge is 0.251 e. The number of amides is 2. The molecule has 2 N–H and O–H groups in total. The van der Waals surface area contributed by atoms with Crippen molar-refractivity contribution in [3.05, 3.63) is 66.0 Å². The van der Waals surface area contributed by atoms with Crippen molar-refractivity contribution < 1.29 is 9.59 Å². The molecule has 1 saturated carbocycles. The third-order valence-electron chi connectivity index (χ3n) is 7.73. The normalized spacial score (nSPS) is 22.3. The maximum Gasteiger partial charge on any atom is 0.251 e. The first kappa shape index (κ1) is 25.8. The van der Waals surface area contributed by atoms with Gasteiger partial charge in [0.1, 0.15) is 5.54 Å². The van der Waals surface area contributed by atoms with Crippen LogP contribution in [0.25, 0.3) is 0 Å². The first-order chi connectivity index (χ1) is 17.5. The predicted octanol–water partition coefficient (Wildman–Crippen LogP) is 4.07. The Hall–Kier alpha value is -3.24. The maximum atomic E-state index is 13.7. The fourth-order valence-corrected chi connectivity index (χ4v) is 5.63. The van der Waals surface area contributed by atoms with Crippen LogP contribution in [0.3, 0.4) is 0 Å². The van der Waals surface area contributed by atoms with Crippen LogP contribution >= 0.6 is 0 Å². The van der Waals surface area contributed by atoms with Gasteiger partial charge in [-0.15, -0.1) is 0 Å². The molecule has 190 valence electrons. The lowest BCUT2D eigenvalue weighted by atomic mass is 9.80. The van der Waals surface area contributed by atoms with Gasteiger partial charge in [-0.05, 0) is 43.4 Å². The van der Waals surface area contributed by atoms with Crippen LogP contribution in [0.2, 0.25) is 0 Å². The van der Waals surface area contributed by atoms with Crippen molar-refractivity contribution in [1.29, 1.82) is 5.26 Å². The monoisotopic (exact) mass is 487 g/mol. The molecule has 1 aliphatic carbocycles. The number of hydrogen-bond donors (Lipinski definition) is 2. The Morgan fingerprint density at radius 3 is 2.56 bits per heavy atom. The zero-order chi connectivity index (χ0) is 25.4. The minimum atomic E-state index is -0.911. The van der Waals surface area contributed by atoms with E-state index in [1.807, 2.05) is 25.1 Å². The van der Waals surface area contributed by atoms with Crippen LogP contribution in [0.1, 0.15) is 67.8 Å². The van der Waals surface area contributed by atoms with Crippen molar-refractivity contribution in [1.82, 2.24) is 20.5 Å². The fourth-order valence-electron chi connectivity index (χ4n) is 5.63. The van der Waals surface area contributed by atoms with E-state index in [1.54, 1.807) is 24.5 Å².